The Labute approximate surface area is 387 Å². The van der Waals surface area contributed by atoms with Crippen LogP contribution in [0.3, 0.4) is 0 Å². The fourth-order valence-electron chi connectivity index (χ4n) is 9.53. The van der Waals surface area contributed by atoms with Gasteiger partial charge in [-0.2, -0.15) is 5.26 Å². The SMILES string of the molecule is CCN(C(=O)c1ccccc1)c1ncnc2c1ncn2[C@@H]1O[C@@H](COC(c2ccccc2)(c2ccc(OC)cc2)c2ccc(OC)cc2)[C@@H](CC(C)(CCC#N)N(C(C)C)P(O)O)[C@H]1OC. The van der Waals surface area contributed by atoms with Crippen LogP contribution in [0.15, 0.2) is 122 Å². The smallest absolute Gasteiger partial charge is 0.259 e. The van der Waals surface area contributed by atoms with Crippen LogP contribution in [0.1, 0.15) is 80.2 Å². The standard InChI is InChI=1S/C50H58N7O8P/c1-8-55(47(58)35-16-11-9-12-17-35)45-43-46(53-32-52-45)56(33-54-43)48-44(63-7)41(30-49(4,28-15-29-51)57(34(2)3)66(59)60)42(65-48)31-64-50(36-18-13-10-14-19-36,37-20-24-39(61-5)25-21-37)38-22-26-40(62-6)27-23-38/h9-14,16-27,32-34,41-42,44,48,59-60H,8,15,28,30-31H2,1-7H3/t41-,42+,44-,48-,49?/m1/s1. The Bertz CT molecular complexity index is 2500. The van der Waals surface area contributed by atoms with Gasteiger partial charge in [-0.3, -0.25) is 14.3 Å². The summed E-state index contributed by atoms with van der Waals surface area (Å²) in [5, 5.41) is 9.89. The first kappa shape index (κ1) is 48.1. The first-order valence-electron chi connectivity index (χ1n) is 22.0. The van der Waals surface area contributed by atoms with Crippen molar-refractivity contribution in [1.29, 1.82) is 5.26 Å². The highest BCUT2D eigenvalue weighted by atomic mass is 31.2. The number of methoxy groups -OCH3 is 3. The average Bonchev–Trinajstić information content (AvgIpc) is 3.93. The van der Waals surface area contributed by atoms with Crippen molar-refractivity contribution < 1.29 is 38.3 Å². The Morgan fingerprint density at radius 1 is 0.879 bits per heavy atom. The molecule has 7 rings (SSSR count). The first-order chi connectivity index (χ1) is 31.9. The highest BCUT2D eigenvalue weighted by Crippen LogP contribution is 2.50. The van der Waals surface area contributed by atoms with Gasteiger partial charge in [0.05, 0.1) is 39.3 Å². The maximum absolute atomic E-state index is 13.9. The molecule has 16 heteroatoms. The molecule has 0 spiro atoms. The molecule has 66 heavy (non-hydrogen) atoms. The van der Waals surface area contributed by atoms with E-state index in [4.69, 9.17) is 33.7 Å². The number of hydrogen-bond donors (Lipinski definition) is 2. The zero-order chi connectivity index (χ0) is 47.0. The number of anilines is 1. The summed E-state index contributed by atoms with van der Waals surface area (Å²) >= 11 is 0. The molecule has 0 bridgehead atoms. The van der Waals surface area contributed by atoms with Crippen LogP contribution in [0.5, 0.6) is 11.5 Å². The molecule has 346 valence electrons. The molecule has 2 aromatic heterocycles. The predicted molar refractivity (Wildman–Crippen MR) is 252 cm³/mol. The van der Waals surface area contributed by atoms with E-state index in [1.54, 1.807) is 53.9 Å². The molecule has 5 atom stereocenters. The van der Waals surface area contributed by atoms with Crippen molar-refractivity contribution in [3.63, 3.8) is 0 Å². The minimum absolute atomic E-state index is 0.0268. The maximum Gasteiger partial charge on any atom is 0.259 e. The molecule has 15 nitrogen and oxygen atoms in total. The minimum Gasteiger partial charge on any atom is -0.497 e. The van der Waals surface area contributed by atoms with Crippen LogP contribution >= 0.6 is 8.53 Å². The molecule has 0 radical (unpaired) electrons. The summed E-state index contributed by atoms with van der Waals surface area (Å²) in [5.74, 6) is 1.02. The molecule has 2 N–H and O–H groups in total. The van der Waals surface area contributed by atoms with Crippen molar-refractivity contribution in [3.8, 4) is 17.6 Å². The zero-order valence-corrected chi connectivity index (χ0v) is 39.3. The number of benzene rings is 4. The number of carbonyl (C=O) groups is 1. The molecule has 0 saturated carbocycles. The number of aromatic nitrogens is 4. The van der Waals surface area contributed by atoms with Gasteiger partial charge in [-0.05, 0) is 93.6 Å². The second-order valence-electron chi connectivity index (χ2n) is 16.7. The average molecular weight is 916 g/mol. The fraction of sp³-hybridized carbons (Fsp3) is 0.380. The third-order valence-electron chi connectivity index (χ3n) is 12.5. The number of nitrogens with zero attached hydrogens (tertiary/aromatic N) is 7. The number of nitriles is 1. The van der Waals surface area contributed by atoms with Crippen molar-refractivity contribution >= 4 is 31.4 Å². The van der Waals surface area contributed by atoms with E-state index in [9.17, 15) is 19.8 Å². The summed E-state index contributed by atoms with van der Waals surface area (Å²) in [6, 6.07) is 36.6. The molecule has 4 aromatic carbocycles. The lowest BCUT2D eigenvalue weighted by molar-refractivity contribution is -0.0916. The quantitative estimate of drug-likeness (QED) is 0.0552. The molecule has 1 aliphatic rings. The first-order valence-corrected chi connectivity index (χ1v) is 23.2. The molecule has 0 aliphatic carbocycles. The summed E-state index contributed by atoms with van der Waals surface area (Å²) in [6.07, 6.45) is 1.68. The monoisotopic (exact) mass is 915 g/mol. The third-order valence-corrected chi connectivity index (χ3v) is 13.9. The van der Waals surface area contributed by atoms with E-state index in [2.05, 4.69) is 11.1 Å². The number of hydrogen-bond acceptors (Lipinski definition) is 13. The Kier molecular flexibility index (Phi) is 15.5. The lowest BCUT2D eigenvalue weighted by atomic mass is 9.79. The number of carbonyl (C=O) groups excluding carboxylic acids is 1. The normalized spacial score (nSPS) is 18.4. The zero-order valence-electron chi connectivity index (χ0n) is 38.4. The van der Waals surface area contributed by atoms with Gasteiger partial charge in [0.1, 0.15) is 29.5 Å². The van der Waals surface area contributed by atoms with Gasteiger partial charge in [0.2, 0.25) is 0 Å². The Morgan fingerprint density at radius 2 is 1.47 bits per heavy atom. The molecule has 1 aliphatic heterocycles. The van der Waals surface area contributed by atoms with E-state index in [0.29, 0.717) is 53.4 Å². The molecule has 1 saturated heterocycles. The number of amides is 1. The Morgan fingerprint density at radius 3 is 2.00 bits per heavy atom. The molecular weight excluding hydrogens is 858 g/mol. The van der Waals surface area contributed by atoms with Crippen molar-refractivity contribution in [3.05, 3.63) is 144 Å². The van der Waals surface area contributed by atoms with Gasteiger partial charge >= 0.3 is 0 Å². The van der Waals surface area contributed by atoms with E-state index in [1.165, 1.54) is 6.33 Å². The summed E-state index contributed by atoms with van der Waals surface area (Å²) in [6.45, 7) is 8.00. The van der Waals surface area contributed by atoms with Crippen molar-refractivity contribution in [1.82, 2.24) is 24.2 Å². The lowest BCUT2D eigenvalue weighted by Gasteiger charge is -2.46. The van der Waals surface area contributed by atoms with Crippen LogP contribution in [0.4, 0.5) is 5.82 Å². The number of imidazole rings is 1. The van der Waals surface area contributed by atoms with Gasteiger partial charge < -0.3 is 33.5 Å². The van der Waals surface area contributed by atoms with Gasteiger partial charge in [0.25, 0.3) is 14.4 Å². The summed E-state index contributed by atoms with van der Waals surface area (Å²) in [5.41, 5.74) is 1.76. The van der Waals surface area contributed by atoms with E-state index in [0.717, 1.165) is 16.7 Å². The van der Waals surface area contributed by atoms with Gasteiger partial charge in [-0.1, -0.05) is 72.8 Å². The van der Waals surface area contributed by atoms with Crippen molar-refractivity contribution in [2.75, 3.05) is 39.4 Å². The summed E-state index contributed by atoms with van der Waals surface area (Å²) < 4.78 is 35.8. The molecular formula is C50H58N7O8P. The van der Waals surface area contributed by atoms with Crippen LogP contribution in [0, 0.1) is 17.2 Å². The van der Waals surface area contributed by atoms with Gasteiger partial charge in [-0.25, -0.2) is 19.6 Å². The second kappa shape index (κ2) is 21.2. The van der Waals surface area contributed by atoms with Crippen LogP contribution in [-0.2, 0) is 19.8 Å². The molecule has 1 unspecified atom stereocenters. The highest BCUT2D eigenvalue weighted by molar-refractivity contribution is 7.42. The predicted octanol–water partition coefficient (Wildman–Crippen LogP) is 8.42. The highest BCUT2D eigenvalue weighted by Gasteiger charge is 2.52. The Hall–Kier alpha value is -5.82. The number of rotatable bonds is 20. The van der Waals surface area contributed by atoms with E-state index < -0.39 is 44.0 Å². The van der Waals surface area contributed by atoms with Gasteiger partial charge in [-0.15, -0.1) is 0 Å². The van der Waals surface area contributed by atoms with Crippen LogP contribution in [0.25, 0.3) is 11.2 Å². The van der Waals surface area contributed by atoms with Crippen LogP contribution < -0.4 is 14.4 Å². The van der Waals surface area contributed by atoms with Crippen molar-refractivity contribution in [2.45, 2.75) is 82.6 Å². The summed E-state index contributed by atoms with van der Waals surface area (Å²) in [4.78, 5) is 51.4. The number of ether oxygens (including phenoxy) is 5. The molecule has 1 fully saturated rings. The molecule has 1 amide bonds. The van der Waals surface area contributed by atoms with Crippen LogP contribution in [-0.4, -0.2) is 98.2 Å². The largest absolute Gasteiger partial charge is 0.497 e. The Balaban J connectivity index is 1.37. The second-order valence-corrected chi connectivity index (χ2v) is 17.7. The maximum atomic E-state index is 13.9. The van der Waals surface area contributed by atoms with E-state index >= 15 is 0 Å². The minimum atomic E-state index is -2.57. The van der Waals surface area contributed by atoms with Crippen LogP contribution in [0.2, 0.25) is 0 Å². The topological polar surface area (TPSA) is 178 Å². The number of fused-ring (bicyclic) bond motifs is 1. The van der Waals surface area contributed by atoms with E-state index in [1.807, 2.05) is 125 Å². The van der Waals surface area contributed by atoms with E-state index in [-0.39, 0.29) is 25.0 Å². The third kappa shape index (κ3) is 9.54. The summed E-state index contributed by atoms with van der Waals surface area (Å²) in [7, 11) is 2.31. The molecule has 3 heterocycles. The van der Waals surface area contributed by atoms with Gasteiger partial charge in [0, 0.05) is 43.1 Å². The van der Waals surface area contributed by atoms with Crippen molar-refractivity contribution in [2.24, 2.45) is 5.92 Å². The lowest BCUT2D eigenvalue weighted by Crippen LogP contribution is -2.50. The fourth-order valence-corrected chi connectivity index (χ4v) is 10.6. The molecule has 6 aromatic rings. The van der Waals surface area contributed by atoms with Gasteiger partial charge in [0.15, 0.2) is 23.2 Å².